The maximum Gasteiger partial charge on any atom is 0.247 e. The van der Waals surface area contributed by atoms with Crippen LogP contribution in [-0.4, -0.2) is 15.5 Å². The molecule has 1 atom stereocenters. The van der Waals surface area contributed by atoms with Gasteiger partial charge in [0.1, 0.15) is 11.9 Å². The van der Waals surface area contributed by atoms with E-state index in [1.807, 2.05) is 50.2 Å². The summed E-state index contributed by atoms with van der Waals surface area (Å²) in [7, 11) is 0. The number of para-hydroxylation sites is 3. The highest BCUT2D eigenvalue weighted by molar-refractivity contribution is 5.96. The quantitative estimate of drug-likeness (QED) is 0.361. The summed E-state index contributed by atoms with van der Waals surface area (Å²) in [6.07, 6.45) is 0.866. The van der Waals surface area contributed by atoms with Crippen molar-refractivity contribution < 1.29 is 4.79 Å². The van der Waals surface area contributed by atoms with E-state index in [-0.39, 0.29) is 11.3 Å². The number of anilines is 1. The molecule has 4 rings (SSSR count). The number of benzene rings is 3. The highest BCUT2D eigenvalue weighted by Gasteiger charge is 2.24. The molecule has 0 fully saturated rings. The van der Waals surface area contributed by atoms with E-state index < -0.39 is 6.04 Å². The Hall–Kier alpha value is -3.40. The zero-order valence-corrected chi connectivity index (χ0v) is 20.4. The minimum Gasteiger partial charge on any atom is -0.324 e. The van der Waals surface area contributed by atoms with Gasteiger partial charge in [-0.15, -0.1) is 0 Å². The number of amides is 1. The summed E-state index contributed by atoms with van der Waals surface area (Å²) in [4.78, 5) is 18.4. The number of carbonyl (C=O) groups excluding carboxylic acids is 1. The highest BCUT2D eigenvalue weighted by Crippen LogP contribution is 2.31. The van der Waals surface area contributed by atoms with Crippen molar-refractivity contribution in [3.8, 4) is 11.4 Å². The van der Waals surface area contributed by atoms with Gasteiger partial charge in [0, 0.05) is 11.3 Å². The summed E-state index contributed by atoms with van der Waals surface area (Å²) in [6.45, 7) is 12.7. The molecule has 0 aliphatic rings. The van der Waals surface area contributed by atoms with Gasteiger partial charge in [0.2, 0.25) is 5.91 Å². The molecule has 0 aliphatic heterocycles. The lowest BCUT2D eigenvalue weighted by atomic mass is 9.86. The topological polar surface area (TPSA) is 46.9 Å². The number of carbonyl (C=O) groups is 1. The maximum absolute atomic E-state index is 13.5. The third kappa shape index (κ3) is 4.43. The lowest BCUT2D eigenvalue weighted by molar-refractivity contribution is -0.118. The van der Waals surface area contributed by atoms with E-state index in [9.17, 15) is 4.79 Å². The monoisotopic (exact) mass is 439 g/mol. The van der Waals surface area contributed by atoms with Crippen molar-refractivity contribution in [3.63, 3.8) is 0 Å². The van der Waals surface area contributed by atoms with Gasteiger partial charge >= 0.3 is 0 Å². The second-order valence-corrected chi connectivity index (χ2v) is 9.75. The SMILES string of the molecule is CCc1cccc(C)c1NC(=O)C(C)n1c(-c2ccc(C(C)(C)C)cc2)nc2ccccc21. The van der Waals surface area contributed by atoms with Crippen LogP contribution in [0.25, 0.3) is 22.4 Å². The van der Waals surface area contributed by atoms with E-state index in [4.69, 9.17) is 4.98 Å². The maximum atomic E-state index is 13.5. The summed E-state index contributed by atoms with van der Waals surface area (Å²) >= 11 is 0. The Kier molecular flexibility index (Phi) is 6.11. The van der Waals surface area contributed by atoms with E-state index in [1.165, 1.54) is 5.56 Å². The molecule has 1 unspecified atom stereocenters. The summed E-state index contributed by atoms with van der Waals surface area (Å²) in [5.74, 6) is 0.759. The molecule has 0 spiro atoms. The fraction of sp³-hybridized carbons (Fsp3) is 0.310. The largest absolute Gasteiger partial charge is 0.324 e. The molecule has 4 heteroatoms. The Morgan fingerprint density at radius 2 is 1.70 bits per heavy atom. The van der Waals surface area contributed by atoms with Crippen molar-refractivity contribution in [1.82, 2.24) is 9.55 Å². The molecular formula is C29H33N3O. The first-order chi connectivity index (χ1) is 15.7. The Morgan fingerprint density at radius 3 is 2.36 bits per heavy atom. The van der Waals surface area contributed by atoms with Crippen LogP contribution in [0.5, 0.6) is 0 Å². The van der Waals surface area contributed by atoms with Crippen molar-refractivity contribution in [1.29, 1.82) is 0 Å². The molecule has 4 nitrogen and oxygen atoms in total. The number of hydrogen-bond acceptors (Lipinski definition) is 2. The summed E-state index contributed by atoms with van der Waals surface area (Å²) in [5.41, 5.74) is 7.32. The van der Waals surface area contributed by atoms with Gasteiger partial charge in [0.15, 0.2) is 0 Å². The van der Waals surface area contributed by atoms with Crippen molar-refractivity contribution in [2.75, 3.05) is 5.32 Å². The second-order valence-electron chi connectivity index (χ2n) is 9.75. The van der Waals surface area contributed by atoms with Crippen LogP contribution in [0.15, 0.2) is 66.7 Å². The first kappa shape index (κ1) is 22.8. The van der Waals surface area contributed by atoms with Crippen molar-refractivity contribution in [3.05, 3.63) is 83.4 Å². The van der Waals surface area contributed by atoms with Gasteiger partial charge in [-0.05, 0) is 54.5 Å². The number of hydrogen-bond donors (Lipinski definition) is 1. The lowest BCUT2D eigenvalue weighted by Crippen LogP contribution is -2.25. The minimum atomic E-state index is -0.431. The van der Waals surface area contributed by atoms with E-state index in [1.54, 1.807) is 0 Å². The first-order valence-corrected chi connectivity index (χ1v) is 11.7. The highest BCUT2D eigenvalue weighted by atomic mass is 16.2. The third-order valence-corrected chi connectivity index (χ3v) is 6.36. The first-order valence-electron chi connectivity index (χ1n) is 11.7. The summed E-state index contributed by atoms with van der Waals surface area (Å²) < 4.78 is 2.06. The number of nitrogens with one attached hydrogen (secondary N) is 1. The molecule has 33 heavy (non-hydrogen) atoms. The number of imidazole rings is 1. The Balaban J connectivity index is 1.76. The molecule has 0 radical (unpaired) electrons. The zero-order chi connectivity index (χ0) is 23.8. The summed E-state index contributed by atoms with van der Waals surface area (Å²) in [6, 6.07) is 22.3. The molecule has 1 aromatic heterocycles. The summed E-state index contributed by atoms with van der Waals surface area (Å²) in [5, 5.41) is 3.20. The van der Waals surface area contributed by atoms with Gasteiger partial charge in [-0.3, -0.25) is 4.79 Å². The fourth-order valence-electron chi connectivity index (χ4n) is 4.31. The smallest absolute Gasteiger partial charge is 0.247 e. The van der Waals surface area contributed by atoms with E-state index >= 15 is 0 Å². The van der Waals surface area contributed by atoms with E-state index in [0.29, 0.717) is 0 Å². The standard InChI is InChI=1S/C29H33N3O/c1-7-21-12-10-11-19(2)26(21)31-28(33)20(3)32-25-14-9-8-13-24(25)30-27(32)22-15-17-23(18-16-22)29(4,5)6/h8-18,20H,7H2,1-6H3,(H,31,33). The van der Waals surface area contributed by atoms with Crippen LogP contribution in [-0.2, 0) is 16.6 Å². The molecule has 4 aromatic rings. The van der Waals surface area contributed by atoms with E-state index in [0.717, 1.165) is 45.7 Å². The van der Waals surface area contributed by atoms with Crippen LogP contribution < -0.4 is 5.32 Å². The van der Waals surface area contributed by atoms with Crippen LogP contribution in [0.3, 0.4) is 0 Å². The van der Waals surface area contributed by atoms with Crippen LogP contribution in [0.2, 0.25) is 0 Å². The Bertz CT molecular complexity index is 1290. The number of aromatic nitrogens is 2. The van der Waals surface area contributed by atoms with Gasteiger partial charge in [-0.2, -0.15) is 0 Å². The van der Waals surface area contributed by atoms with Gasteiger partial charge in [-0.1, -0.05) is 82.3 Å². The zero-order valence-electron chi connectivity index (χ0n) is 20.4. The Labute approximate surface area is 196 Å². The minimum absolute atomic E-state index is 0.0466. The molecular weight excluding hydrogens is 406 g/mol. The second kappa shape index (κ2) is 8.86. The molecule has 0 bridgehead atoms. The van der Waals surface area contributed by atoms with Crippen molar-refractivity contribution in [2.24, 2.45) is 0 Å². The van der Waals surface area contributed by atoms with Crippen molar-refractivity contribution in [2.45, 2.75) is 59.4 Å². The predicted octanol–water partition coefficient (Wildman–Crippen LogP) is 7.07. The van der Waals surface area contributed by atoms with Gasteiger partial charge in [-0.25, -0.2) is 4.98 Å². The fourth-order valence-corrected chi connectivity index (χ4v) is 4.31. The molecule has 1 amide bonds. The van der Waals surface area contributed by atoms with Gasteiger partial charge in [0.25, 0.3) is 0 Å². The third-order valence-electron chi connectivity index (χ3n) is 6.36. The van der Waals surface area contributed by atoms with Crippen LogP contribution in [0.1, 0.15) is 57.4 Å². The molecule has 0 aliphatic carbocycles. The van der Waals surface area contributed by atoms with Crippen molar-refractivity contribution >= 4 is 22.6 Å². The van der Waals surface area contributed by atoms with Crippen LogP contribution in [0.4, 0.5) is 5.69 Å². The average molecular weight is 440 g/mol. The average Bonchev–Trinajstić information content (AvgIpc) is 3.19. The van der Waals surface area contributed by atoms with E-state index in [2.05, 4.69) is 67.9 Å². The molecule has 0 saturated heterocycles. The number of fused-ring (bicyclic) bond motifs is 1. The number of rotatable bonds is 5. The Morgan fingerprint density at radius 1 is 1.00 bits per heavy atom. The van der Waals surface area contributed by atoms with Gasteiger partial charge in [0.05, 0.1) is 11.0 Å². The molecule has 3 aromatic carbocycles. The molecule has 0 saturated carbocycles. The van der Waals surface area contributed by atoms with Crippen LogP contribution in [0, 0.1) is 6.92 Å². The number of nitrogens with zero attached hydrogens (tertiary/aromatic N) is 2. The molecule has 1 heterocycles. The predicted molar refractivity (Wildman–Crippen MR) is 138 cm³/mol. The number of aryl methyl sites for hydroxylation is 2. The lowest BCUT2D eigenvalue weighted by Gasteiger charge is -2.21. The molecule has 1 N–H and O–H groups in total. The normalized spacial score (nSPS) is 12.7. The molecule has 170 valence electrons. The van der Waals surface area contributed by atoms with Crippen LogP contribution >= 0.6 is 0 Å². The van der Waals surface area contributed by atoms with Gasteiger partial charge < -0.3 is 9.88 Å².